The lowest BCUT2D eigenvalue weighted by Gasteiger charge is -1.86. The zero-order valence-corrected chi connectivity index (χ0v) is 10.5. The van der Waals surface area contributed by atoms with E-state index in [1.807, 2.05) is 6.92 Å². The third kappa shape index (κ3) is 2.01. The molecule has 0 N–H and O–H groups in total. The fourth-order valence-electron chi connectivity index (χ4n) is 1.38. The number of nitrogens with zero attached hydrogens (tertiary/aromatic N) is 1. The Labute approximate surface area is 96.6 Å². The molecule has 2 rings (SSSR count). The number of carbonyl (C=O) groups excluding carboxylic acids is 1. The van der Waals surface area contributed by atoms with Crippen LogP contribution in [0.2, 0.25) is 0 Å². The van der Waals surface area contributed by atoms with Gasteiger partial charge in [0.15, 0.2) is 5.78 Å². The number of rotatable bonds is 2. The molecule has 0 amide bonds. The number of thiazole rings is 1. The van der Waals surface area contributed by atoms with Gasteiger partial charge in [-0.2, -0.15) is 0 Å². The molecular weight excluding hydrogens is 226 g/mol. The van der Waals surface area contributed by atoms with Crippen LogP contribution in [0.5, 0.6) is 0 Å². The number of aromatic nitrogens is 1. The molecule has 0 saturated carbocycles. The largest absolute Gasteiger partial charge is 0.294 e. The summed E-state index contributed by atoms with van der Waals surface area (Å²) in [7, 11) is 0. The Balaban J connectivity index is 2.46. The first kappa shape index (κ1) is 10.5. The van der Waals surface area contributed by atoms with Gasteiger partial charge in [0.05, 0.1) is 15.4 Å². The van der Waals surface area contributed by atoms with E-state index in [2.05, 4.69) is 24.0 Å². The first-order valence-electron chi connectivity index (χ1n) is 4.63. The summed E-state index contributed by atoms with van der Waals surface area (Å²) in [6.07, 6.45) is 0. The maximum atomic E-state index is 11.3. The number of thiophene rings is 1. The Morgan fingerprint density at radius 1 is 1.27 bits per heavy atom. The van der Waals surface area contributed by atoms with E-state index < -0.39 is 0 Å². The topological polar surface area (TPSA) is 30.0 Å². The minimum Gasteiger partial charge on any atom is -0.294 e. The highest BCUT2D eigenvalue weighted by Gasteiger charge is 2.13. The Kier molecular flexibility index (Phi) is 2.71. The van der Waals surface area contributed by atoms with Crippen LogP contribution in [0.1, 0.15) is 27.2 Å². The highest BCUT2D eigenvalue weighted by atomic mass is 32.1. The molecule has 0 atom stereocenters. The lowest BCUT2D eigenvalue weighted by atomic mass is 10.3. The number of ketones is 1. The van der Waals surface area contributed by atoms with E-state index in [1.54, 1.807) is 18.3 Å². The molecule has 2 aromatic rings. The van der Waals surface area contributed by atoms with Crippen molar-refractivity contribution in [3.05, 3.63) is 27.6 Å². The molecule has 4 heteroatoms. The summed E-state index contributed by atoms with van der Waals surface area (Å²) in [5.41, 5.74) is 0.841. The monoisotopic (exact) mass is 237 g/mol. The van der Waals surface area contributed by atoms with Gasteiger partial charge in [-0.05, 0) is 26.0 Å². The van der Waals surface area contributed by atoms with Crippen LogP contribution in [0, 0.1) is 13.8 Å². The molecule has 0 aliphatic rings. The van der Waals surface area contributed by atoms with Gasteiger partial charge in [0.2, 0.25) is 0 Å². The Morgan fingerprint density at radius 3 is 2.47 bits per heavy atom. The minimum absolute atomic E-state index is 0.101. The Bertz CT molecular complexity index is 510. The highest BCUT2D eigenvalue weighted by Crippen LogP contribution is 2.32. The van der Waals surface area contributed by atoms with E-state index in [0.29, 0.717) is 0 Å². The second kappa shape index (κ2) is 3.87. The molecule has 0 unspecified atom stereocenters. The number of aryl methyl sites for hydroxylation is 2. The maximum Gasteiger partial charge on any atom is 0.171 e. The fourth-order valence-corrected chi connectivity index (χ4v) is 3.26. The van der Waals surface area contributed by atoms with Gasteiger partial charge < -0.3 is 0 Å². The van der Waals surface area contributed by atoms with Crippen LogP contribution < -0.4 is 0 Å². The van der Waals surface area contributed by atoms with Gasteiger partial charge in [-0.25, -0.2) is 4.98 Å². The minimum atomic E-state index is 0.101. The Morgan fingerprint density at radius 2 is 2.00 bits per heavy atom. The predicted octanol–water partition coefficient (Wildman–Crippen LogP) is 3.69. The number of carbonyl (C=O) groups is 1. The van der Waals surface area contributed by atoms with Gasteiger partial charge in [0.25, 0.3) is 0 Å². The van der Waals surface area contributed by atoms with Gasteiger partial charge in [-0.3, -0.25) is 4.79 Å². The van der Waals surface area contributed by atoms with Gasteiger partial charge in [0.1, 0.15) is 5.01 Å². The summed E-state index contributed by atoms with van der Waals surface area (Å²) in [6.45, 7) is 5.54. The van der Waals surface area contributed by atoms with Gasteiger partial charge in [-0.15, -0.1) is 22.7 Å². The van der Waals surface area contributed by atoms with E-state index in [9.17, 15) is 4.79 Å². The van der Waals surface area contributed by atoms with Crippen LogP contribution in [-0.2, 0) is 0 Å². The van der Waals surface area contributed by atoms with Crippen LogP contribution in [0.25, 0.3) is 9.88 Å². The second-order valence-electron chi connectivity index (χ2n) is 3.40. The molecular formula is C11H11NOS2. The maximum absolute atomic E-state index is 11.3. The molecule has 0 radical (unpaired) electrons. The van der Waals surface area contributed by atoms with Gasteiger partial charge in [-0.1, -0.05) is 0 Å². The van der Waals surface area contributed by atoms with E-state index in [0.717, 1.165) is 20.5 Å². The van der Waals surface area contributed by atoms with Crippen molar-refractivity contribution in [1.82, 2.24) is 4.98 Å². The van der Waals surface area contributed by atoms with Crippen molar-refractivity contribution in [2.75, 3.05) is 0 Å². The van der Waals surface area contributed by atoms with Crippen molar-refractivity contribution in [3.63, 3.8) is 0 Å². The van der Waals surface area contributed by atoms with Gasteiger partial charge >= 0.3 is 0 Å². The highest BCUT2D eigenvalue weighted by molar-refractivity contribution is 7.22. The van der Waals surface area contributed by atoms with E-state index in [4.69, 9.17) is 0 Å². The molecule has 0 bridgehead atoms. The zero-order chi connectivity index (χ0) is 11.0. The molecule has 78 valence electrons. The molecule has 0 aromatic carbocycles. The summed E-state index contributed by atoms with van der Waals surface area (Å²) >= 11 is 3.19. The van der Waals surface area contributed by atoms with Crippen LogP contribution in [-0.4, -0.2) is 10.8 Å². The summed E-state index contributed by atoms with van der Waals surface area (Å²) in [6, 6.07) is 4.13. The molecule has 0 aliphatic carbocycles. The normalized spacial score (nSPS) is 10.6. The molecule has 0 aliphatic heterocycles. The predicted molar refractivity (Wildman–Crippen MR) is 64.9 cm³/mol. The lowest BCUT2D eigenvalue weighted by molar-refractivity contribution is 0.102. The molecule has 2 heterocycles. The van der Waals surface area contributed by atoms with Crippen LogP contribution in [0.15, 0.2) is 12.1 Å². The second-order valence-corrected chi connectivity index (χ2v) is 5.69. The van der Waals surface area contributed by atoms with Crippen LogP contribution in [0.3, 0.4) is 0 Å². The summed E-state index contributed by atoms with van der Waals surface area (Å²) in [5.74, 6) is 0.101. The van der Waals surface area contributed by atoms with Crippen molar-refractivity contribution < 1.29 is 4.79 Å². The van der Waals surface area contributed by atoms with Gasteiger partial charge in [0, 0.05) is 11.8 Å². The summed E-state index contributed by atoms with van der Waals surface area (Å²) in [4.78, 5) is 18.9. The van der Waals surface area contributed by atoms with Crippen LogP contribution >= 0.6 is 22.7 Å². The smallest absolute Gasteiger partial charge is 0.171 e. The van der Waals surface area contributed by atoms with Crippen LogP contribution in [0.4, 0.5) is 0 Å². The summed E-state index contributed by atoms with van der Waals surface area (Å²) < 4.78 is 0. The van der Waals surface area contributed by atoms with E-state index in [-0.39, 0.29) is 5.78 Å². The number of hydrogen-bond acceptors (Lipinski definition) is 4. The average Bonchev–Trinajstić information content (AvgIpc) is 2.71. The third-order valence-electron chi connectivity index (χ3n) is 2.07. The van der Waals surface area contributed by atoms with Crippen molar-refractivity contribution >= 4 is 28.5 Å². The van der Waals surface area contributed by atoms with E-state index >= 15 is 0 Å². The molecule has 0 spiro atoms. The van der Waals surface area contributed by atoms with Crippen molar-refractivity contribution in [3.8, 4) is 9.88 Å². The first-order valence-corrected chi connectivity index (χ1v) is 6.26. The zero-order valence-electron chi connectivity index (χ0n) is 8.83. The summed E-state index contributed by atoms with van der Waals surface area (Å²) in [5, 5.41) is 0.954. The molecule has 2 aromatic heterocycles. The Hall–Kier alpha value is -1.00. The van der Waals surface area contributed by atoms with Crippen molar-refractivity contribution in [1.29, 1.82) is 0 Å². The quantitative estimate of drug-likeness (QED) is 0.746. The average molecular weight is 237 g/mol. The lowest BCUT2D eigenvalue weighted by Crippen LogP contribution is -1.89. The number of hydrogen-bond donors (Lipinski definition) is 0. The molecule has 0 fully saturated rings. The molecule has 15 heavy (non-hydrogen) atoms. The first-order chi connectivity index (χ1) is 7.08. The van der Waals surface area contributed by atoms with E-state index in [1.165, 1.54) is 16.2 Å². The fraction of sp³-hybridized carbons (Fsp3) is 0.273. The molecule has 0 saturated heterocycles. The molecule has 2 nitrogen and oxygen atoms in total. The third-order valence-corrected chi connectivity index (χ3v) is 4.50. The van der Waals surface area contributed by atoms with Crippen molar-refractivity contribution in [2.45, 2.75) is 20.8 Å². The number of Topliss-reactive ketones (excluding diaryl/α,β-unsaturated/α-hetero) is 1. The van der Waals surface area contributed by atoms with Crippen molar-refractivity contribution in [2.24, 2.45) is 0 Å². The standard InChI is InChI=1S/C11H11NOS2/c1-6-4-5-9(14-6)11-12-7(2)10(15-11)8(3)13/h4-5H,1-3H3. The SMILES string of the molecule is CC(=O)c1sc(-c2ccc(C)s2)nc1C.